The summed E-state index contributed by atoms with van der Waals surface area (Å²) in [6, 6.07) is 0. The number of nitrogens with one attached hydrogen (secondary N) is 1. The third-order valence-electron chi connectivity index (χ3n) is 1.13. The molecule has 1 rings (SSSR count). The van der Waals surface area contributed by atoms with Crippen molar-refractivity contribution in [2.75, 3.05) is 12.0 Å². The third kappa shape index (κ3) is 1.46. The van der Waals surface area contributed by atoms with E-state index in [1.165, 1.54) is 0 Å². The van der Waals surface area contributed by atoms with Gasteiger partial charge >= 0.3 is 0 Å². The Bertz CT molecular complexity index is 197. The summed E-state index contributed by atoms with van der Waals surface area (Å²) >= 11 is 0. The van der Waals surface area contributed by atoms with E-state index in [2.05, 4.69) is 10.5 Å². The molecule has 0 unspecified atom stereocenters. The summed E-state index contributed by atoms with van der Waals surface area (Å²) in [6.07, 6.45) is 3.31. The van der Waals surface area contributed by atoms with E-state index in [-0.39, 0.29) is 6.61 Å². The van der Waals surface area contributed by atoms with Gasteiger partial charge in [0.25, 0.3) is 0 Å². The van der Waals surface area contributed by atoms with Gasteiger partial charge in [0.2, 0.25) is 0 Å². The Kier molecular flexibility index (Phi) is 2.24. The number of nitrogens with zero attached hydrogens (tertiary/aromatic N) is 2. The molecule has 10 heavy (non-hydrogen) atoms. The van der Waals surface area contributed by atoms with Gasteiger partial charge in [-0.3, -0.25) is 10.5 Å². The minimum atomic E-state index is 0.0890. The molecule has 0 aliphatic carbocycles. The fraction of sp³-hybridized carbons (Fsp3) is 0.400. The topological polar surface area (TPSA) is 76.1 Å². The zero-order valence-corrected chi connectivity index (χ0v) is 5.49. The zero-order valence-electron chi connectivity index (χ0n) is 5.49. The first-order valence-corrected chi connectivity index (χ1v) is 2.96. The molecule has 1 aromatic heterocycles. The second-order valence-corrected chi connectivity index (χ2v) is 1.86. The fourth-order valence-corrected chi connectivity index (χ4v) is 0.663. The Hall–Kier alpha value is -1.07. The van der Waals surface area contributed by atoms with Gasteiger partial charge in [-0.2, -0.15) is 5.10 Å². The number of rotatable bonds is 3. The minimum Gasteiger partial charge on any atom is -0.394 e. The molecule has 0 fully saturated rings. The van der Waals surface area contributed by atoms with Crippen LogP contribution in [0.5, 0.6) is 0 Å². The summed E-state index contributed by atoms with van der Waals surface area (Å²) < 4.78 is 1.61. The van der Waals surface area contributed by atoms with Crippen LogP contribution < -0.4 is 11.3 Å². The Labute approximate surface area is 58.4 Å². The van der Waals surface area contributed by atoms with Crippen molar-refractivity contribution in [2.24, 2.45) is 5.84 Å². The van der Waals surface area contributed by atoms with Crippen molar-refractivity contribution in [2.45, 2.75) is 6.54 Å². The second-order valence-electron chi connectivity index (χ2n) is 1.86. The van der Waals surface area contributed by atoms with Crippen LogP contribution in [0.1, 0.15) is 0 Å². The van der Waals surface area contributed by atoms with Crippen molar-refractivity contribution >= 4 is 5.69 Å². The van der Waals surface area contributed by atoms with Crippen molar-refractivity contribution in [3.8, 4) is 0 Å². The van der Waals surface area contributed by atoms with Crippen LogP contribution in [0.3, 0.4) is 0 Å². The molecule has 0 amide bonds. The quantitative estimate of drug-likeness (QED) is 0.380. The number of aromatic nitrogens is 2. The maximum Gasteiger partial charge on any atom is 0.0868 e. The van der Waals surface area contributed by atoms with Crippen LogP contribution in [0.15, 0.2) is 12.4 Å². The van der Waals surface area contributed by atoms with Gasteiger partial charge in [0.15, 0.2) is 0 Å². The number of nitrogens with two attached hydrogens (primary N) is 1. The van der Waals surface area contributed by atoms with Crippen molar-refractivity contribution in [3.63, 3.8) is 0 Å². The zero-order chi connectivity index (χ0) is 7.40. The Balaban J connectivity index is 2.59. The van der Waals surface area contributed by atoms with E-state index in [1.807, 2.05) is 0 Å². The van der Waals surface area contributed by atoms with E-state index in [4.69, 9.17) is 10.9 Å². The van der Waals surface area contributed by atoms with E-state index in [9.17, 15) is 0 Å². The number of aliphatic hydroxyl groups is 1. The average molecular weight is 142 g/mol. The van der Waals surface area contributed by atoms with Gasteiger partial charge in [0, 0.05) is 6.20 Å². The molecule has 0 radical (unpaired) electrons. The lowest BCUT2D eigenvalue weighted by atomic mass is 10.6. The maximum atomic E-state index is 8.49. The highest BCUT2D eigenvalue weighted by Crippen LogP contribution is 2.00. The molecule has 5 nitrogen and oxygen atoms in total. The molecule has 0 bridgehead atoms. The smallest absolute Gasteiger partial charge is 0.0868 e. The largest absolute Gasteiger partial charge is 0.394 e. The Morgan fingerprint density at radius 2 is 2.60 bits per heavy atom. The number of hydrazine groups is 1. The highest BCUT2D eigenvalue weighted by molar-refractivity contribution is 5.35. The molecule has 0 saturated heterocycles. The Morgan fingerprint density at radius 1 is 1.80 bits per heavy atom. The van der Waals surface area contributed by atoms with E-state index < -0.39 is 0 Å². The summed E-state index contributed by atoms with van der Waals surface area (Å²) in [5, 5.41) is 12.4. The number of hydrogen-bond acceptors (Lipinski definition) is 4. The number of nitrogen functional groups attached to an aromatic ring is 1. The monoisotopic (exact) mass is 142 g/mol. The van der Waals surface area contributed by atoms with Crippen LogP contribution in [-0.4, -0.2) is 21.5 Å². The molecule has 0 aliphatic rings. The van der Waals surface area contributed by atoms with E-state index >= 15 is 0 Å². The summed E-state index contributed by atoms with van der Waals surface area (Å²) in [5.74, 6) is 5.09. The van der Waals surface area contributed by atoms with E-state index in [0.29, 0.717) is 6.54 Å². The lowest BCUT2D eigenvalue weighted by Gasteiger charge is -1.94. The van der Waals surface area contributed by atoms with Crippen molar-refractivity contribution in [3.05, 3.63) is 12.4 Å². The molecule has 0 aromatic carbocycles. The maximum absolute atomic E-state index is 8.49. The molecule has 0 saturated carbocycles. The van der Waals surface area contributed by atoms with Crippen LogP contribution in [-0.2, 0) is 6.54 Å². The molecule has 5 heteroatoms. The lowest BCUT2D eigenvalue weighted by molar-refractivity contribution is 0.269. The summed E-state index contributed by atoms with van der Waals surface area (Å²) in [6.45, 7) is 0.591. The van der Waals surface area contributed by atoms with Crippen LogP contribution in [0.2, 0.25) is 0 Å². The van der Waals surface area contributed by atoms with Gasteiger partial charge < -0.3 is 10.5 Å². The van der Waals surface area contributed by atoms with Crippen molar-refractivity contribution in [1.82, 2.24) is 9.78 Å². The van der Waals surface area contributed by atoms with E-state index in [1.54, 1.807) is 17.1 Å². The van der Waals surface area contributed by atoms with E-state index in [0.717, 1.165) is 5.69 Å². The van der Waals surface area contributed by atoms with Gasteiger partial charge in [-0.05, 0) is 0 Å². The summed E-state index contributed by atoms with van der Waals surface area (Å²) in [4.78, 5) is 0. The van der Waals surface area contributed by atoms with Gasteiger partial charge in [0.1, 0.15) is 0 Å². The standard InChI is InChI=1S/C5H10N4O/c6-8-5-3-7-9(4-5)1-2-10/h3-4,8,10H,1-2,6H2. The second kappa shape index (κ2) is 3.19. The molecule has 1 heterocycles. The number of hydrogen-bond donors (Lipinski definition) is 3. The van der Waals surface area contributed by atoms with Crippen molar-refractivity contribution in [1.29, 1.82) is 0 Å². The summed E-state index contributed by atoms with van der Waals surface area (Å²) in [5.41, 5.74) is 3.18. The molecule has 0 aliphatic heterocycles. The highest BCUT2D eigenvalue weighted by Gasteiger charge is 1.92. The number of aliphatic hydroxyl groups excluding tert-OH is 1. The first-order chi connectivity index (χ1) is 4.86. The third-order valence-corrected chi connectivity index (χ3v) is 1.13. The minimum absolute atomic E-state index is 0.0890. The first kappa shape index (κ1) is 7.04. The SMILES string of the molecule is NNc1cnn(CCO)c1. The molecule has 1 aromatic rings. The van der Waals surface area contributed by atoms with Crippen LogP contribution in [0.25, 0.3) is 0 Å². The van der Waals surface area contributed by atoms with Crippen LogP contribution in [0, 0.1) is 0 Å². The Morgan fingerprint density at radius 3 is 3.10 bits per heavy atom. The number of anilines is 1. The lowest BCUT2D eigenvalue weighted by Crippen LogP contribution is -2.06. The van der Waals surface area contributed by atoms with Crippen LogP contribution in [0.4, 0.5) is 5.69 Å². The van der Waals surface area contributed by atoms with Crippen molar-refractivity contribution < 1.29 is 5.11 Å². The molecular weight excluding hydrogens is 132 g/mol. The predicted octanol–water partition coefficient (Wildman–Crippen LogP) is -0.839. The normalized spacial score (nSPS) is 9.80. The van der Waals surface area contributed by atoms with Gasteiger partial charge in [-0.15, -0.1) is 0 Å². The molecule has 0 atom stereocenters. The molecular formula is C5H10N4O. The highest BCUT2D eigenvalue weighted by atomic mass is 16.3. The van der Waals surface area contributed by atoms with Crippen LogP contribution >= 0.6 is 0 Å². The van der Waals surface area contributed by atoms with Gasteiger partial charge in [0.05, 0.1) is 25.0 Å². The average Bonchev–Trinajstić information content (AvgIpc) is 2.37. The molecule has 4 N–H and O–H groups in total. The first-order valence-electron chi connectivity index (χ1n) is 2.96. The van der Waals surface area contributed by atoms with Gasteiger partial charge in [-0.25, -0.2) is 0 Å². The fourth-order valence-electron chi connectivity index (χ4n) is 0.663. The van der Waals surface area contributed by atoms with Gasteiger partial charge in [-0.1, -0.05) is 0 Å². The molecule has 0 spiro atoms. The summed E-state index contributed by atoms with van der Waals surface area (Å²) in [7, 11) is 0. The molecule has 56 valence electrons. The predicted molar refractivity (Wildman–Crippen MR) is 37.1 cm³/mol.